The normalized spacial score (nSPS) is 13.7. The van der Waals surface area contributed by atoms with E-state index in [9.17, 15) is 0 Å². The SMILES string of the molecule is CCCCCCCCCCCCCCCCC(C1=CCC[C]=C1)(c1ccccc1)c1ccccc1. The number of hydrogen-bond donors (Lipinski definition) is 0. The van der Waals surface area contributed by atoms with Crippen LogP contribution in [0.1, 0.15) is 127 Å². The van der Waals surface area contributed by atoms with Crippen molar-refractivity contribution in [3.63, 3.8) is 0 Å². The fourth-order valence-corrected chi connectivity index (χ4v) is 5.81. The van der Waals surface area contributed by atoms with E-state index in [1.807, 2.05) is 0 Å². The molecule has 0 aromatic heterocycles. The zero-order valence-corrected chi connectivity index (χ0v) is 22.4. The maximum atomic E-state index is 3.54. The van der Waals surface area contributed by atoms with Gasteiger partial charge in [-0.15, -0.1) is 0 Å². The monoisotopic (exact) mass is 469 g/mol. The van der Waals surface area contributed by atoms with Crippen LogP contribution in [0, 0.1) is 6.08 Å². The van der Waals surface area contributed by atoms with E-state index in [1.54, 1.807) is 0 Å². The average Bonchev–Trinajstić information content (AvgIpc) is 2.93. The predicted octanol–water partition coefficient (Wildman–Crippen LogP) is 10.9. The van der Waals surface area contributed by atoms with Crippen LogP contribution in [0.15, 0.2) is 78.4 Å². The van der Waals surface area contributed by atoms with E-state index in [-0.39, 0.29) is 5.41 Å². The van der Waals surface area contributed by atoms with Gasteiger partial charge in [0, 0.05) is 5.41 Å². The van der Waals surface area contributed by atoms with Crippen molar-refractivity contribution >= 4 is 0 Å². The van der Waals surface area contributed by atoms with Crippen molar-refractivity contribution < 1.29 is 0 Å². The number of hydrogen-bond acceptors (Lipinski definition) is 0. The maximum absolute atomic E-state index is 3.54. The Kier molecular flexibility index (Phi) is 13.0. The molecule has 1 radical (unpaired) electrons. The summed E-state index contributed by atoms with van der Waals surface area (Å²) in [5.41, 5.74) is 4.22. The summed E-state index contributed by atoms with van der Waals surface area (Å²) in [6, 6.07) is 22.4. The Morgan fingerprint density at radius 3 is 1.49 bits per heavy atom. The Labute approximate surface area is 216 Å². The van der Waals surface area contributed by atoms with Crippen LogP contribution in [0.5, 0.6) is 0 Å². The topological polar surface area (TPSA) is 0 Å². The van der Waals surface area contributed by atoms with Crippen molar-refractivity contribution in [3.8, 4) is 0 Å². The van der Waals surface area contributed by atoms with E-state index in [0.29, 0.717) is 0 Å². The summed E-state index contributed by atoms with van der Waals surface area (Å²) in [5.74, 6) is 0. The van der Waals surface area contributed by atoms with E-state index in [2.05, 4.69) is 85.8 Å². The lowest BCUT2D eigenvalue weighted by Gasteiger charge is -2.38. The highest BCUT2D eigenvalue weighted by atomic mass is 14.4. The molecule has 0 N–H and O–H groups in total. The summed E-state index contributed by atoms with van der Waals surface area (Å²) >= 11 is 0. The third kappa shape index (κ3) is 8.82. The second-order valence-electron chi connectivity index (χ2n) is 10.5. The van der Waals surface area contributed by atoms with Crippen LogP contribution in [0.2, 0.25) is 0 Å². The molecule has 189 valence electrons. The van der Waals surface area contributed by atoms with Crippen LogP contribution in [0.3, 0.4) is 0 Å². The van der Waals surface area contributed by atoms with Gasteiger partial charge in [0.05, 0.1) is 0 Å². The molecule has 1 aliphatic carbocycles. The molecule has 0 heterocycles. The van der Waals surface area contributed by atoms with Crippen molar-refractivity contribution in [1.82, 2.24) is 0 Å². The zero-order valence-electron chi connectivity index (χ0n) is 22.4. The fourth-order valence-electron chi connectivity index (χ4n) is 5.81. The van der Waals surface area contributed by atoms with Gasteiger partial charge >= 0.3 is 0 Å². The average molecular weight is 470 g/mol. The molecule has 0 unspecified atom stereocenters. The van der Waals surface area contributed by atoms with Crippen molar-refractivity contribution in [2.75, 3.05) is 0 Å². The highest BCUT2D eigenvalue weighted by molar-refractivity contribution is 5.52. The van der Waals surface area contributed by atoms with Gasteiger partial charge in [0.1, 0.15) is 0 Å². The first-order valence-corrected chi connectivity index (χ1v) is 14.8. The van der Waals surface area contributed by atoms with Gasteiger partial charge in [-0.1, -0.05) is 170 Å². The molecular formula is C35H49. The minimum absolute atomic E-state index is 0.0624. The lowest BCUT2D eigenvalue weighted by atomic mass is 9.65. The van der Waals surface area contributed by atoms with Gasteiger partial charge in [-0.25, -0.2) is 0 Å². The van der Waals surface area contributed by atoms with Crippen LogP contribution >= 0.6 is 0 Å². The van der Waals surface area contributed by atoms with Gasteiger partial charge in [-0.3, -0.25) is 0 Å². The van der Waals surface area contributed by atoms with Gasteiger partial charge in [0.25, 0.3) is 0 Å². The molecule has 0 bridgehead atoms. The van der Waals surface area contributed by atoms with E-state index in [1.165, 1.54) is 113 Å². The highest BCUT2D eigenvalue weighted by Gasteiger charge is 2.36. The molecule has 0 fully saturated rings. The van der Waals surface area contributed by atoms with Gasteiger partial charge < -0.3 is 0 Å². The molecule has 0 saturated carbocycles. The molecule has 2 aromatic rings. The van der Waals surface area contributed by atoms with Crippen LogP contribution in [0.25, 0.3) is 0 Å². The molecule has 1 aliphatic rings. The second-order valence-corrected chi connectivity index (χ2v) is 10.5. The number of allylic oxidation sites excluding steroid dienone is 4. The summed E-state index contributed by atoms with van der Waals surface area (Å²) in [7, 11) is 0. The lowest BCUT2D eigenvalue weighted by molar-refractivity contribution is 0.488. The maximum Gasteiger partial charge on any atom is 0.0448 e. The second kappa shape index (κ2) is 16.6. The predicted molar refractivity (Wildman–Crippen MR) is 154 cm³/mol. The molecule has 0 saturated heterocycles. The van der Waals surface area contributed by atoms with E-state index in [4.69, 9.17) is 0 Å². The molecule has 0 atom stereocenters. The quantitative estimate of drug-likeness (QED) is 0.190. The summed E-state index contributed by atoms with van der Waals surface area (Å²) in [4.78, 5) is 0. The Balaban J connectivity index is 1.48. The van der Waals surface area contributed by atoms with Gasteiger partial charge in [-0.05, 0) is 42.0 Å². The van der Waals surface area contributed by atoms with Crippen molar-refractivity contribution in [3.05, 3.63) is 95.6 Å². The summed E-state index contributed by atoms with van der Waals surface area (Å²) in [5, 5.41) is 0. The van der Waals surface area contributed by atoms with Crippen molar-refractivity contribution in [2.24, 2.45) is 0 Å². The Hall–Kier alpha value is -2.08. The van der Waals surface area contributed by atoms with Gasteiger partial charge in [-0.2, -0.15) is 0 Å². The number of benzene rings is 2. The van der Waals surface area contributed by atoms with Gasteiger partial charge in [0.2, 0.25) is 0 Å². The first kappa shape index (κ1) is 27.5. The molecule has 3 rings (SSSR count). The highest BCUT2D eigenvalue weighted by Crippen LogP contribution is 2.45. The number of unbranched alkanes of at least 4 members (excludes halogenated alkanes) is 13. The smallest absolute Gasteiger partial charge is 0.0448 e. The lowest BCUT2D eigenvalue weighted by Crippen LogP contribution is -2.30. The van der Waals surface area contributed by atoms with E-state index >= 15 is 0 Å². The molecule has 2 aromatic carbocycles. The molecule has 0 aliphatic heterocycles. The minimum atomic E-state index is -0.0624. The molecule has 0 spiro atoms. The van der Waals surface area contributed by atoms with Crippen LogP contribution < -0.4 is 0 Å². The molecular weight excluding hydrogens is 420 g/mol. The van der Waals surface area contributed by atoms with Crippen LogP contribution in [-0.4, -0.2) is 0 Å². The Morgan fingerprint density at radius 2 is 1.06 bits per heavy atom. The molecule has 0 amide bonds. The zero-order chi connectivity index (χ0) is 24.4. The molecule has 0 nitrogen and oxygen atoms in total. The van der Waals surface area contributed by atoms with Crippen molar-refractivity contribution in [1.29, 1.82) is 0 Å². The standard InChI is InChI=1S/C35H49/c1-2-3-4-5-6-7-8-9-10-11-12-13-14-24-31-35(32-25-18-15-19-26-32,33-27-20-16-21-28-33)34-29-22-17-23-30-34/h15-16,18-21,25-30H,2-14,17,22,24,31H2,1H3. The fraction of sp³-hybridized carbons (Fsp3) is 0.543. The first-order chi connectivity index (χ1) is 17.4. The van der Waals surface area contributed by atoms with E-state index in [0.717, 1.165) is 12.8 Å². The Bertz CT molecular complexity index is 803. The third-order valence-electron chi connectivity index (χ3n) is 7.84. The van der Waals surface area contributed by atoms with Crippen LogP contribution in [-0.2, 0) is 5.41 Å². The number of rotatable bonds is 18. The van der Waals surface area contributed by atoms with Gasteiger partial charge in [0.15, 0.2) is 0 Å². The summed E-state index contributed by atoms with van der Waals surface area (Å²) in [6.45, 7) is 2.30. The van der Waals surface area contributed by atoms with E-state index < -0.39 is 0 Å². The summed E-state index contributed by atoms with van der Waals surface area (Å²) < 4.78 is 0. The Morgan fingerprint density at radius 1 is 0.600 bits per heavy atom. The largest absolute Gasteiger partial charge is 0.0797 e. The first-order valence-electron chi connectivity index (χ1n) is 14.8. The molecule has 35 heavy (non-hydrogen) atoms. The van der Waals surface area contributed by atoms with Crippen molar-refractivity contribution in [2.45, 2.75) is 121 Å². The summed E-state index contributed by atoms with van der Waals surface area (Å²) in [6.07, 6.45) is 31.3. The molecule has 0 heteroatoms. The van der Waals surface area contributed by atoms with Crippen LogP contribution in [0.4, 0.5) is 0 Å². The third-order valence-corrected chi connectivity index (χ3v) is 7.84. The minimum Gasteiger partial charge on any atom is -0.0797 e.